The van der Waals surface area contributed by atoms with Gasteiger partial charge in [-0.05, 0) is 30.4 Å². The predicted molar refractivity (Wildman–Crippen MR) is 130 cm³/mol. The number of nitrogens with one attached hydrogen (secondary N) is 3. The second kappa shape index (κ2) is 11.4. The van der Waals surface area contributed by atoms with E-state index in [4.69, 9.17) is 0 Å². The minimum Gasteiger partial charge on any atom is -0.361 e. The topological polar surface area (TPSA) is 135 Å². The molecule has 1 aliphatic heterocycles. The first-order chi connectivity index (χ1) is 16.7. The molecule has 35 heavy (non-hydrogen) atoms. The van der Waals surface area contributed by atoms with Gasteiger partial charge in [-0.15, -0.1) is 0 Å². The number of likely N-dealkylation sites (N-methyl/N-ethyl adjacent to an activating group) is 1. The third-order valence-corrected chi connectivity index (χ3v) is 7.00. The number of hydrogen-bond donors (Lipinski definition) is 4. The molecule has 4 amide bonds. The zero-order valence-corrected chi connectivity index (χ0v) is 20.7. The molecule has 0 radical (unpaired) electrons. The van der Waals surface area contributed by atoms with Gasteiger partial charge in [-0.1, -0.05) is 38.5 Å². The molecule has 10 nitrogen and oxygen atoms in total. The van der Waals surface area contributed by atoms with Crippen molar-refractivity contribution in [2.75, 3.05) is 13.6 Å². The van der Waals surface area contributed by atoms with Gasteiger partial charge in [0.2, 0.25) is 17.7 Å². The Morgan fingerprint density at radius 1 is 1.23 bits per heavy atom. The first-order valence-corrected chi connectivity index (χ1v) is 12.0. The molecule has 190 valence electrons. The smallest absolute Gasteiger partial charge is 0.266 e. The molecule has 2 heterocycles. The van der Waals surface area contributed by atoms with Crippen LogP contribution in [0.3, 0.4) is 0 Å². The van der Waals surface area contributed by atoms with Crippen LogP contribution < -0.4 is 10.8 Å². The lowest BCUT2D eigenvalue weighted by Gasteiger charge is -2.35. The number of fused-ring (bicyclic) bond motifs is 1. The zero-order chi connectivity index (χ0) is 25.7. The van der Waals surface area contributed by atoms with Crippen LogP contribution in [0.4, 0.5) is 0 Å². The van der Waals surface area contributed by atoms with Crippen LogP contribution in [0.2, 0.25) is 0 Å². The number of H-pyrrole nitrogens is 1. The summed E-state index contributed by atoms with van der Waals surface area (Å²) in [5.74, 6) is -1.91. The summed E-state index contributed by atoms with van der Waals surface area (Å²) in [4.78, 5) is 57.4. The molecule has 0 spiro atoms. The highest BCUT2D eigenvalue weighted by molar-refractivity contribution is 5.94. The number of amides is 4. The monoisotopic (exact) mass is 485 g/mol. The first kappa shape index (κ1) is 26.2. The van der Waals surface area contributed by atoms with Gasteiger partial charge in [-0.2, -0.15) is 0 Å². The number of nitrogens with zero attached hydrogens (tertiary/aromatic N) is 2. The van der Waals surface area contributed by atoms with Crippen LogP contribution >= 0.6 is 0 Å². The molecular weight excluding hydrogens is 450 g/mol. The van der Waals surface area contributed by atoms with Crippen LogP contribution in [-0.2, 0) is 25.6 Å². The quantitative estimate of drug-likeness (QED) is 0.316. The molecule has 1 unspecified atom stereocenters. The summed E-state index contributed by atoms with van der Waals surface area (Å²) in [5, 5.41) is 13.0. The molecule has 0 bridgehead atoms. The van der Waals surface area contributed by atoms with Gasteiger partial charge in [0.05, 0.1) is 0 Å². The predicted octanol–water partition coefficient (Wildman–Crippen LogP) is 1.58. The van der Waals surface area contributed by atoms with E-state index >= 15 is 0 Å². The van der Waals surface area contributed by atoms with Crippen LogP contribution in [0.25, 0.3) is 10.9 Å². The molecule has 2 aromatic rings. The molecular formula is C25H35N5O5. The molecule has 1 fully saturated rings. The van der Waals surface area contributed by atoms with E-state index in [1.54, 1.807) is 23.6 Å². The summed E-state index contributed by atoms with van der Waals surface area (Å²) < 4.78 is 0. The third kappa shape index (κ3) is 5.64. The molecule has 4 N–H and O–H groups in total. The maximum absolute atomic E-state index is 13.5. The molecule has 10 heteroatoms. The Morgan fingerprint density at radius 3 is 2.60 bits per heavy atom. The minimum absolute atomic E-state index is 0.147. The molecule has 0 saturated carbocycles. The molecule has 1 aromatic carbocycles. The second-order valence-corrected chi connectivity index (χ2v) is 9.25. The summed E-state index contributed by atoms with van der Waals surface area (Å²) in [6, 6.07) is 5.09. The van der Waals surface area contributed by atoms with E-state index < -0.39 is 29.9 Å². The summed E-state index contributed by atoms with van der Waals surface area (Å²) in [6.07, 6.45) is 3.82. The number of benzene rings is 1. The van der Waals surface area contributed by atoms with Crippen molar-refractivity contribution in [1.82, 2.24) is 25.6 Å². The van der Waals surface area contributed by atoms with E-state index in [9.17, 15) is 24.4 Å². The van der Waals surface area contributed by atoms with E-state index in [1.807, 2.05) is 38.1 Å². The summed E-state index contributed by atoms with van der Waals surface area (Å²) in [7, 11) is 1.57. The molecule has 4 atom stereocenters. The average molecular weight is 486 g/mol. The highest BCUT2D eigenvalue weighted by Crippen LogP contribution is 2.23. The number of likely N-dealkylation sites (tertiary alicyclic amines) is 1. The molecule has 0 aliphatic carbocycles. The summed E-state index contributed by atoms with van der Waals surface area (Å²) >= 11 is 0. The molecule has 1 aliphatic rings. The van der Waals surface area contributed by atoms with Gasteiger partial charge in [0.15, 0.2) is 0 Å². The normalized spacial score (nSPS) is 18.1. The van der Waals surface area contributed by atoms with E-state index in [0.29, 0.717) is 19.4 Å². The van der Waals surface area contributed by atoms with Crippen LogP contribution in [0.15, 0.2) is 30.5 Å². The Balaban J connectivity index is 1.82. The number of hydroxylamine groups is 1. The van der Waals surface area contributed by atoms with Gasteiger partial charge in [0.1, 0.15) is 18.1 Å². The summed E-state index contributed by atoms with van der Waals surface area (Å²) in [6.45, 7) is 5.74. The van der Waals surface area contributed by atoms with Crippen LogP contribution in [0.5, 0.6) is 0 Å². The Labute approximate surface area is 205 Å². The van der Waals surface area contributed by atoms with E-state index in [-0.39, 0.29) is 24.2 Å². The fourth-order valence-electron chi connectivity index (χ4n) is 4.88. The van der Waals surface area contributed by atoms with Crippen LogP contribution in [0.1, 0.15) is 45.6 Å². The Bertz CT molecular complexity index is 1080. The van der Waals surface area contributed by atoms with Crippen molar-refractivity contribution in [3.05, 3.63) is 36.0 Å². The van der Waals surface area contributed by atoms with Crippen molar-refractivity contribution in [3.8, 4) is 0 Å². The van der Waals surface area contributed by atoms with Crippen molar-refractivity contribution in [2.24, 2.45) is 5.92 Å². The van der Waals surface area contributed by atoms with Gasteiger partial charge in [0, 0.05) is 44.0 Å². The Morgan fingerprint density at radius 2 is 1.94 bits per heavy atom. The lowest BCUT2D eigenvalue weighted by molar-refractivity contribution is -0.148. The molecule has 3 rings (SSSR count). The SMILES string of the molecule is CCC(C)[C@@H](C(=O)N[C@@H](Cc1c[nH]c2ccccc12)C(=O)NO)N(C)C(=O)[C@@H]1CCCN1C(C)=O. The lowest BCUT2D eigenvalue weighted by Crippen LogP contribution is -2.58. The van der Waals surface area contributed by atoms with Crippen molar-refractivity contribution in [3.63, 3.8) is 0 Å². The zero-order valence-electron chi connectivity index (χ0n) is 20.7. The maximum atomic E-state index is 13.5. The van der Waals surface area contributed by atoms with E-state index in [1.165, 1.54) is 11.8 Å². The standard InChI is InChI=1S/C25H35N5O5/c1-5-15(2)22(29(4)25(34)21-11-8-12-30(21)16(3)31)24(33)27-20(23(32)28-35)13-17-14-26-19-10-7-6-9-18(17)19/h6-7,9-10,14-15,20-22,26,35H,5,8,11-13H2,1-4H3,(H,27,33)(H,28,32)/t15?,20-,21-,22-/m0/s1. The maximum Gasteiger partial charge on any atom is 0.266 e. The molecule has 1 aromatic heterocycles. The lowest BCUT2D eigenvalue weighted by atomic mass is 9.95. The number of aromatic nitrogens is 1. The Kier molecular flexibility index (Phi) is 8.50. The van der Waals surface area contributed by atoms with Crippen LogP contribution in [-0.4, -0.2) is 75.3 Å². The molecule has 1 saturated heterocycles. The number of carbonyl (C=O) groups excluding carboxylic acids is 4. The van der Waals surface area contributed by atoms with Gasteiger partial charge < -0.3 is 20.1 Å². The van der Waals surface area contributed by atoms with E-state index in [0.717, 1.165) is 22.9 Å². The third-order valence-electron chi connectivity index (χ3n) is 7.00. The number of para-hydroxylation sites is 1. The fourth-order valence-corrected chi connectivity index (χ4v) is 4.88. The summed E-state index contributed by atoms with van der Waals surface area (Å²) in [5.41, 5.74) is 3.34. The second-order valence-electron chi connectivity index (χ2n) is 9.25. The number of hydrogen-bond acceptors (Lipinski definition) is 5. The average Bonchev–Trinajstić information content (AvgIpc) is 3.50. The largest absolute Gasteiger partial charge is 0.361 e. The minimum atomic E-state index is -1.05. The first-order valence-electron chi connectivity index (χ1n) is 12.0. The van der Waals surface area contributed by atoms with Crippen molar-refractivity contribution in [1.29, 1.82) is 0 Å². The van der Waals surface area contributed by atoms with E-state index in [2.05, 4.69) is 10.3 Å². The highest BCUT2D eigenvalue weighted by Gasteiger charge is 2.40. The van der Waals surface area contributed by atoms with Crippen molar-refractivity contribution in [2.45, 2.75) is 64.6 Å². The number of carbonyl (C=O) groups is 4. The highest BCUT2D eigenvalue weighted by atomic mass is 16.5. The van der Waals surface area contributed by atoms with Crippen molar-refractivity contribution >= 4 is 34.5 Å². The van der Waals surface area contributed by atoms with Gasteiger partial charge >= 0.3 is 0 Å². The Hall–Kier alpha value is -3.40. The van der Waals surface area contributed by atoms with Crippen LogP contribution in [0, 0.1) is 5.92 Å². The van der Waals surface area contributed by atoms with Gasteiger partial charge in [-0.3, -0.25) is 24.4 Å². The van der Waals surface area contributed by atoms with Gasteiger partial charge in [0.25, 0.3) is 5.91 Å². The number of aromatic amines is 1. The number of rotatable bonds is 9. The van der Waals surface area contributed by atoms with Gasteiger partial charge in [-0.25, -0.2) is 5.48 Å². The fraction of sp³-hybridized carbons (Fsp3) is 0.520. The van der Waals surface area contributed by atoms with Crippen molar-refractivity contribution < 1.29 is 24.4 Å².